The second-order valence-electron chi connectivity index (χ2n) is 5.69. The number of carbonyl (C=O) groups excluding carboxylic acids is 1. The molecule has 124 valence electrons. The van der Waals surface area contributed by atoms with Crippen molar-refractivity contribution in [3.8, 4) is 0 Å². The molecule has 1 aromatic rings. The van der Waals surface area contributed by atoms with Crippen LogP contribution in [0.2, 0.25) is 0 Å². The highest BCUT2D eigenvalue weighted by Crippen LogP contribution is 2.19. The van der Waals surface area contributed by atoms with Crippen LogP contribution in [0.5, 0.6) is 0 Å². The summed E-state index contributed by atoms with van der Waals surface area (Å²) in [4.78, 5) is 19.4. The van der Waals surface area contributed by atoms with Gasteiger partial charge in [0, 0.05) is 32.6 Å². The topological polar surface area (TPSA) is 79.3 Å². The number of nitrogens with zero attached hydrogens (tertiary/aromatic N) is 3. The molecule has 1 aromatic carbocycles. The summed E-state index contributed by atoms with van der Waals surface area (Å²) in [5, 5.41) is 4.02. The lowest BCUT2D eigenvalue weighted by atomic mass is 10.0. The molecule has 2 aliphatic heterocycles. The third-order valence-electron chi connectivity index (χ3n) is 4.07. The maximum atomic E-state index is 12.5. The van der Waals surface area contributed by atoms with Gasteiger partial charge in [0.15, 0.2) is 0 Å². The van der Waals surface area contributed by atoms with Crippen LogP contribution >= 0.6 is 0 Å². The van der Waals surface area contributed by atoms with Crippen molar-refractivity contribution in [3.05, 3.63) is 35.9 Å². The van der Waals surface area contributed by atoms with Gasteiger partial charge in [0.25, 0.3) is 5.91 Å². The Kier molecular flexibility index (Phi) is 4.36. The monoisotopic (exact) mass is 337 g/mol. The van der Waals surface area contributed by atoms with Gasteiger partial charge in [0.05, 0.1) is 12.0 Å². The molecule has 0 N–H and O–H groups in total. The van der Waals surface area contributed by atoms with Gasteiger partial charge >= 0.3 is 0 Å². The van der Waals surface area contributed by atoms with Gasteiger partial charge in [-0.3, -0.25) is 4.79 Å². The van der Waals surface area contributed by atoms with Crippen molar-refractivity contribution < 1.29 is 18.0 Å². The Morgan fingerprint density at radius 1 is 1.17 bits per heavy atom. The van der Waals surface area contributed by atoms with Crippen molar-refractivity contribution in [1.29, 1.82) is 0 Å². The summed E-state index contributed by atoms with van der Waals surface area (Å²) in [6, 6.07) is 9.61. The second-order valence-corrected chi connectivity index (χ2v) is 7.67. The average molecular weight is 337 g/mol. The normalized spacial score (nSPS) is 22.6. The Hall–Kier alpha value is -1.93. The van der Waals surface area contributed by atoms with E-state index in [0.717, 1.165) is 11.3 Å². The zero-order valence-electron chi connectivity index (χ0n) is 12.9. The third-order valence-corrected chi connectivity index (χ3v) is 5.37. The molecule has 2 aliphatic rings. The Bertz CT molecular complexity index is 709. The minimum absolute atomic E-state index is 0.132. The fourth-order valence-electron chi connectivity index (χ4n) is 2.75. The molecule has 1 saturated heterocycles. The number of benzene rings is 1. The Labute approximate surface area is 135 Å². The van der Waals surface area contributed by atoms with Crippen LogP contribution < -0.4 is 0 Å². The SMILES string of the molecule is CS(=O)(=O)N1CCN(C(=O)C2CC(c3ccccc3)=NO2)CC1. The van der Waals surface area contributed by atoms with E-state index in [9.17, 15) is 13.2 Å². The summed E-state index contributed by atoms with van der Waals surface area (Å²) in [6.45, 7) is 1.41. The average Bonchev–Trinajstić information content (AvgIpc) is 3.04. The number of oxime groups is 1. The van der Waals surface area contributed by atoms with Crippen LogP contribution in [-0.4, -0.2) is 67.8 Å². The molecule has 3 rings (SSSR count). The zero-order chi connectivity index (χ0) is 16.4. The molecule has 0 aromatic heterocycles. The van der Waals surface area contributed by atoms with Crippen LogP contribution in [-0.2, 0) is 19.7 Å². The molecular weight excluding hydrogens is 318 g/mol. The van der Waals surface area contributed by atoms with Crippen molar-refractivity contribution in [1.82, 2.24) is 9.21 Å². The summed E-state index contributed by atoms with van der Waals surface area (Å²) < 4.78 is 24.4. The van der Waals surface area contributed by atoms with Gasteiger partial charge < -0.3 is 9.74 Å². The lowest BCUT2D eigenvalue weighted by Gasteiger charge is -2.34. The van der Waals surface area contributed by atoms with Crippen molar-refractivity contribution in [3.63, 3.8) is 0 Å². The first-order valence-electron chi connectivity index (χ1n) is 7.47. The van der Waals surface area contributed by atoms with E-state index < -0.39 is 16.1 Å². The molecule has 0 radical (unpaired) electrons. The maximum Gasteiger partial charge on any atom is 0.266 e. The van der Waals surface area contributed by atoms with Gasteiger partial charge in [-0.25, -0.2) is 8.42 Å². The molecule has 7 nitrogen and oxygen atoms in total. The Morgan fingerprint density at radius 2 is 1.83 bits per heavy atom. The molecular formula is C15H19N3O4S. The lowest BCUT2D eigenvalue weighted by Crippen LogP contribution is -2.52. The largest absolute Gasteiger partial charge is 0.382 e. The maximum absolute atomic E-state index is 12.5. The van der Waals surface area contributed by atoms with Gasteiger partial charge in [-0.2, -0.15) is 4.31 Å². The molecule has 2 heterocycles. The zero-order valence-corrected chi connectivity index (χ0v) is 13.7. The van der Waals surface area contributed by atoms with E-state index in [4.69, 9.17) is 4.84 Å². The predicted molar refractivity (Wildman–Crippen MR) is 85.5 cm³/mol. The highest BCUT2D eigenvalue weighted by molar-refractivity contribution is 7.88. The third kappa shape index (κ3) is 3.53. The predicted octanol–water partition coefficient (Wildman–Crippen LogP) is 0.283. The van der Waals surface area contributed by atoms with E-state index in [1.54, 1.807) is 4.90 Å². The first-order valence-corrected chi connectivity index (χ1v) is 9.32. The summed E-state index contributed by atoms with van der Waals surface area (Å²) in [7, 11) is -3.20. The molecule has 0 saturated carbocycles. The van der Waals surface area contributed by atoms with Crippen LogP contribution in [0.4, 0.5) is 0 Å². The molecule has 0 bridgehead atoms. The number of piperazine rings is 1. The molecule has 8 heteroatoms. The molecule has 0 aliphatic carbocycles. The molecule has 23 heavy (non-hydrogen) atoms. The summed E-state index contributed by atoms with van der Waals surface area (Å²) in [5.74, 6) is -0.132. The first kappa shape index (κ1) is 15.9. The molecule has 1 unspecified atom stereocenters. The molecule has 0 spiro atoms. The van der Waals surface area contributed by atoms with Crippen molar-refractivity contribution in [2.75, 3.05) is 32.4 Å². The fraction of sp³-hybridized carbons (Fsp3) is 0.467. The second kappa shape index (κ2) is 6.29. The van der Waals surface area contributed by atoms with Crippen LogP contribution in [0.3, 0.4) is 0 Å². The van der Waals surface area contributed by atoms with E-state index in [-0.39, 0.29) is 5.91 Å². The molecule has 1 amide bonds. The van der Waals surface area contributed by atoms with Crippen LogP contribution in [0, 0.1) is 0 Å². The summed E-state index contributed by atoms with van der Waals surface area (Å²) in [6.07, 6.45) is 1.01. The van der Waals surface area contributed by atoms with Gasteiger partial charge in [-0.1, -0.05) is 35.5 Å². The van der Waals surface area contributed by atoms with Gasteiger partial charge in [0.1, 0.15) is 0 Å². The number of hydrogen-bond acceptors (Lipinski definition) is 5. The van der Waals surface area contributed by atoms with Crippen LogP contribution in [0.25, 0.3) is 0 Å². The highest BCUT2D eigenvalue weighted by Gasteiger charge is 2.34. The quantitative estimate of drug-likeness (QED) is 0.794. The number of sulfonamides is 1. The highest BCUT2D eigenvalue weighted by atomic mass is 32.2. The number of rotatable bonds is 3. The fourth-order valence-corrected chi connectivity index (χ4v) is 3.58. The van der Waals surface area contributed by atoms with Gasteiger partial charge in [0.2, 0.25) is 16.1 Å². The van der Waals surface area contributed by atoms with E-state index in [0.29, 0.717) is 32.6 Å². The van der Waals surface area contributed by atoms with Crippen LogP contribution in [0.1, 0.15) is 12.0 Å². The van der Waals surface area contributed by atoms with E-state index in [2.05, 4.69) is 5.16 Å². The standard InChI is InChI=1S/C15H19N3O4S/c1-23(20,21)18-9-7-17(8-10-18)15(19)14-11-13(16-22-14)12-5-3-2-4-6-12/h2-6,14H,7-11H2,1H3. The van der Waals surface area contributed by atoms with E-state index in [1.807, 2.05) is 30.3 Å². The van der Waals surface area contributed by atoms with Crippen molar-refractivity contribution in [2.45, 2.75) is 12.5 Å². The summed E-state index contributed by atoms with van der Waals surface area (Å²) >= 11 is 0. The number of amides is 1. The smallest absolute Gasteiger partial charge is 0.266 e. The van der Waals surface area contributed by atoms with E-state index >= 15 is 0 Å². The van der Waals surface area contributed by atoms with Crippen molar-refractivity contribution in [2.24, 2.45) is 5.16 Å². The first-order chi connectivity index (χ1) is 10.9. The molecule has 1 atom stereocenters. The number of hydrogen-bond donors (Lipinski definition) is 0. The summed E-state index contributed by atoms with van der Waals surface area (Å²) in [5.41, 5.74) is 1.71. The van der Waals surface area contributed by atoms with E-state index in [1.165, 1.54) is 10.6 Å². The Balaban J connectivity index is 1.57. The minimum atomic E-state index is -3.20. The minimum Gasteiger partial charge on any atom is -0.382 e. The lowest BCUT2D eigenvalue weighted by molar-refractivity contribution is -0.143. The van der Waals surface area contributed by atoms with Gasteiger partial charge in [-0.15, -0.1) is 0 Å². The van der Waals surface area contributed by atoms with Gasteiger partial charge in [-0.05, 0) is 5.56 Å². The van der Waals surface area contributed by atoms with Crippen LogP contribution in [0.15, 0.2) is 35.5 Å². The van der Waals surface area contributed by atoms with Crippen molar-refractivity contribution >= 4 is 21.6 Å². The Morgan fingerprint density at radius 3 is 2.43 bits per heavy atom. The number of carbonyl (C=O) groups is 1. The molecule has 1 fully saturated rings.